The lowest BCUT2D eigenvalue weighted by Gasteiger charge is -2.16. The van der Waals surface area contributed by atoms with Gasteiger partial charge in [0.05, 0.1) is 13.2 Å². The number of rotatable bonds is 45. The zero-order chi connectivity index (χ0) is 38.4. The highest BCUT2D eigenvalue weighted by atomic mass is 16.6. The number of carbonyl (C=O) groups is 1. The third-order valence-electron chi connectivity index (χ3n) is 10.8. The molecule has 0 bridgehead atoms. The van der Waals surface area contributed by atoms with Crippen LogP contribution < -0.4 is 0 Å². The maximum atomic E-state index is 12.2. The topological polar surface area (TPSA) is 55.8 Å². The average Bonchev–Trinajstić information content (AvgIpc) is 3.16. The lowest BCUT2D eigenvalue weighted by Crippen LogP contribution is -2.27. The highest BCUT2D eigenvalue weighted by Gasteiger charge is 2.13. The van der Waals surface area contributed by atoms with Gasteiger partial charge in [0.25, 0.3) is 0 Å². The summed E-state index contributed by atoms with van der Waals surface area (Å²) in [7, 11) is 0. The number of ether oxygens (including phenoxy) is 2. The van der Waals surface area contributed by atoms with E-state index >= 15 is 0 Å². The van der Waals surface area contributed by atoms with Crippen LogP contribution in [0.15, 0.2) is 24.3 Å². The third-order valence-corrected chi connectivity index (χ3v) is 10.8. The Kier molecular flexibility index (Phi) is 46.0. The van der Waals surface area contributed by atoms with Crippen molar-refractivity contribution in [2.75, 3.05) is 19.8 Å². The van der Waals surface area contributed by atoms with E-state index in [1.165, 1.54) is 212 Å². The highest BCUT2D eigenvalue weighted by Crippen LogP contribution is 2.16. The Hall–Kier alpha value is -1.13. The third kappa shape index (κ3) is 45.2. The van der Waals surface area contributed by atoms with Crippen molar-refractivity contribution in [3.8, 4) is 0 Å². The first-order valence-electron chi connectivity index (χ1n) is 23.9. The fraction of sp³-hybridized carbons (Fsp3) is 0.898. The van der Waals surface area contributed by atoms with Crippen LogP contribution in [-0.4, -0.2) is 37.0 Å². The van der Waals surface area contributed by atoms with Crippen LogP contribution >= 0.6 is 0 Å². The molecule has 1 unspecified atom stereocenters. The first kappa shape index (κ1) is 51.9. The minimum atomic E-state index is -0.533. The fourth-order valence-corrected chi connectivity index (χ4v) is 7.18. The summed E-state index contributed by atoms with van der Waals surface area (Å²) in [5, 5.41) is 9.63. The van der Waals surface area contributed by atoms with Crippen molar-refractivity contribution in [1.82, 2.24) is 0 Å². The smallest absolute Gasteiger partial charge is 0.306 e. The Morgan fingerprint density at radius 3 is 1.21 bits per heavy atom. The van der Waals surface area contributed by atoms with Crippen LogP contribution in [0.4, 0.5) is 0 Å². The second kappa shape index (κ2) is 47.0. The van der Waals surface area contributed by atoms with Crippen molar-refractivity contribution in [3.63, 3.8) is 0 Å². The molecule has 1 N–H and O–H groups in total. The van der Waals surface area contributed by atoms with E-state index in [1.54, 1.807) is 0 Å². The lowest BCUT2D eigenvalue weighted by atomic mass is 10.0. The molecule has 1 atom stereocenters. The number of allylic oxidation sites excluding steroid dienone is 4. The van der Waals surface area contributed by atoms with Gasteiger partial charge in [0.15, 0.2) is 0 Å². The van der Waals surface area contributed by atoms with Gasteiger partial charge in [-0.2, -0.15) is 0 Å². The van der Waals surface area contributed by atoms with E-state index in [4.69, 9.17) is 9.47 Å². The fourth-order valence-electron chi connectivity index (χ4n) is 7.18. The number of carbonyl (C=O) groups excluding carboxylic acids is 1. The number of aliphatic hydroxyl groups excluding tert-OH is 1. The molecule has 0 aliphatic carbocycles. The molecule has 0 saturated heterocycles. The summed E-state index contributed by atoms with van der Waals surface area (Å²) in [6.07, 6.45) is 58.3. The maximum absolute atomic E-state index is 12.2. The van der Waals surface area contributed by atoms with E-state index < -0.39 is 6.10 Å². The summed E-state index contributed by atoms with van der Waals surface area (Å²) in [4.78, 5) is 12.2. The van der Waals surface area contributed by atoms with Crippen molar-refractivity contribution < 1.29 is 19.4 Å². The first-order valence-corrected chi connectivity index (χ1v) is 23.9. The molecule has 4 nitrogen and oxygen atoms in total. The molecule has 0 radical (unpaired) electrons. The van der Waals surface area contributed by atoms with E-state index in [-0.39, 0.29) is 12.6 Å². The Bertz CT molecular complexity index is 747. The summed E-state index contributed by atoms with van der Waals surface area (Å²) >= 11 is 0. The first-order chi connectivity index (χ1) is 26.2. The van der Waals surface area contributed by atoms with E-state index in [9.17, 15) is 9.90 Å². The van der Waals surface area contributed by atoms with Gasteiger partial charge in [0.2, 0.25) is 0 Å². The number of hydrogen-bond donors (Lipinski definition) is 1. The molecule has 0 aliphatic heterocycles. The van der Waals surface area contributed by atoms with Crippen molar-refractivity contribution in [2.45, 2.75) is 264 Å². The van der Waals surface area contributed by atoms with Gasteiger partial charge in [0.1, 0.15) is 6.10 Å². The number of esters is 1. The molecule has 0 aliphatic rings. The van der Waals surface area contributed by atoms with Gasteiger partial charge in [0, 0.05) is 13.0 Å². The zero-order valence-electron chi connectivity index (χ0n) is 36.1. The molecular formula is C49H94O4. The SMILES string of the molecule is CCCCC/C=C\C/C=C\CCCCCCCCCCOCC(CO)OC(=O)CCCCCCCCCCCCCCCCCCCCCCCCC. The van der Waals surface area contributed by atoms with Gasteiger partial charge >= 0.3 is 5.97 Å². The number of unbranched alkanes of at least 4 members (excludes halogenated alkanes) is 33. The Morgan fingerprint density at radius 2 is 0.792 bits per heavy atom. The van der Waals surface area contributed by atoms with Crippen molar-refractivity contribution >= 4 is 5.97 Å². The average molecular weight is 747 g/mol. The van der Waals surface area contributed by atoms with E-state index in [0.29, 0.717) is 19.6 Å². The quantitative estimate of drug-likeness (QED) is 0.0383. The van der Waals surface area contributed by atoms with Crippen LogP contribution in [0.2, 0.25) is 0 Å². The minimum absolute atomic E-state index is 0.170. The second-order valence-electron chi connectivity index (χ2n) is 16.2. The van der Waals surface area contributed by atoms with Crippen LogP contribution in [0.25, 0.3) is 0 Å². The lowest BCUT2D eigenvalue weighted by molar-refractivity contribution is -0.154. The molecule has 0 saturated carbocycles. The molecular weight excluding hydrogens is 653 g/mol. The summed E-state index contributed by atoms with van der Waals surface area (Å²) in [6, 6.07) is 0. The zero-order valence-corrected chi connectivity index (χ0v) is 36.1. The number of aliphatic hydroxyl groups is 1. The molecule has 0 aromatic rings. The van der Waals surface area contributed by atoms with E-state index in [1.807, 2.05) is 0 Å². The predicted octanol–water partition coefficient (Wildman–Crippen LogP) is 15.9. The molecule has 0 fully saturated rings. The van der Waals surface area contributed by atoms with Crippen LogP contribution in [0.5, 0.6) is 0 Å². The summed E-state index contributed by atoms with van der Waals surface area (Å²) in [5.74, 6) is -0.197. The summed E-state index contributed by atoms with van der Waals surface area (Å²) in [6.45, 7) is 5.35. The minimum Gasteiger partial charge on any atom is -0.457 e. The van der Waals surface area contributed by atoms with Crippen molar-refractivity contribution in [2.24, 2.45) is 0 Å². The maximum Gasteiger partial charge on any atom is 0.306 e. The van der Waals surface area contributed by atoms with E-state index in [2.05, 4.69) is 38.2 Å². The Balaban J connectivity index is 3.37. The van der Waals surface area contributed by atoms with Gasteiger partial charge in [-0.05, 0) is 44.9 Å². The van der Waals surface area contributed by atoms with Crippen LogP contribution in [0.3, 0.4) is 0 Å². The van der Waals surface area contributed by atoms with Gasteiger partial charge in [-0.3, -0.25) is 4.79 Å². The molecule has 4 heteroatoms. The van der Waals surface area contributed by atoms with Gasteiger partial charge in [-0.1, -0.05) is 231 Å². The normalized spacial score (nSPS) is 12.4. The van der Waals surface area contributed by atoms with Crippen LogP contribution in [-0.2, 0) is 14.3 Å². The molecule has 0 rings (SSSR count). The van der Waals surface area contributed by atoms with E-state index in [0.717, 1.165) is 25.7 Å². The molecule has 0 spiro atoms. The summed E-state index contributed by atoms with van der Waals surface area (Å²) < 4.78 is 11.2. The van der Waals surface area contributed by atoms with Crippen molar-refractivity contribution in [3.05, 3.63) is 24.3 Å². The molecule has 314 valence electrons. The highest BCUT2D eigenvalue weighted by molar-refractivity contribution is 5.69. The Morgan fingerprint density at radius 1 is 0.453 bits per heavy atom. The van der Waals surface area contributed by atoms with Crippen LogP contribution in [0, 0.1) is 0 Å². The largest absolute Gasteiger partial charge is 0.457 e. The van der Waals surface area contributed by atoms with Crippen molar-refractivity contribution in [1.29, 1.82) is 0 Å². The molecule has 0 amide bonds. The van der Waals surface area contributed by atoms with Gasteiger partial charge in [-0.15, -0.1) is 0 Å². The standard InChI is InChI=1S/C49H94O4/c1-3-5-7-9-11-13-15-17-19-21-23-24-25-26-27-28-30-32-34-36-38-40-42-44-49(51)53-48(46-50)47-52-45-43-41-39-37-35-33-31-29-22-20-18-16-14-12-10-8-6-4-2/h12,14,18,20,48,50H,3-11,13,15-17,19,21-47H2,1-2H3/b14-12-,20-18-. The number of hydrogen-bond acceptors (Lipinski definition) is 4. The molecule has 53 heavy (non-hydrogen) atoms. The van der Waals surface area contributed by atoms with Gasteiger partial charge in [-0.25, -0.2) is 0 Å². The Labute approximate surface area is 332 Å². The molecule has 0 aromatic carbocycles. The molecule has 0 heterocycles. The molecule has 0 aromatic heterocycles. The summed E-state index contributed by atoms with van der Waals surface area (Å²) in [5.41, 5.74) is 0. The second-order valence-corrected chi connectivity index (χ2v) is 16.2. The predicted molar refractivity (Wildman–Crippen MR) is 233 cm³/mol. The van der Waals surface area contributed by atoms with Gasteiger partial charge < -0.3 is 14.6 Å². The van der Waals surface area contributed by atoms with Crippen LogP contribution in [0.1, 0.15) is 258 Å². The monoisotopic (exact) mass is 747 g/mol.